The minimum atomic E-state index is -0.279. The Morgan fingerprint density at radius 2 is 1.15 bits per heavy atom. The Hall–Kier alpha value is -8.14. The number of hydrogen-bond donors (Lipinski definition) is 1. The summed E-state index contributed by atoms with van der Waals surface area (Å²) < 4.78 is 2.46. The first-order valence-electron chi connectivity index (χ1n) is 22.2. The van der Waals surface area contributed by atoms with Gasteiger partial charge in [-0.2, -0.15) is 0 Å². The fourth-order valence-electron chi connectivity index (χ4n) is 9.57. The number of aromatic nitrogens is 1. The van der Waals surface area contributed by atoms with E-state index in [1.807, 2.05) is 25.2 Å². The van der Waals surface area contributed by atoms with Gasteiger partial charge in [-0.15, -0.1) is 13.2 Å². The van der Waals surface area contributed by atoms with Crippen LogP contribution in [0.3, 0.4) is 0 Å². The Bertz CT molecular complexity index is 3240. The number of benzene rings is 8. The van der Waals surface area contributed by atoms with Crippen LogP contribution in [0.25, 0.3) is 61.4 Å². The molecule has 0 saturated carbocycles. The van der Waals surface area contributed by atoms with Crippen LogP contribution in [0.1, 0.15) is 43.0 Å². The average Bonchev–Trinajstić information content (AvgIpc) is 3.68. The number of fused-ring (bicyclic) bond motifs is 6. The normalized spacial score (nSPS) is 12.8. The molecule has 0 unspecified atom stereocenters. The number of nitrogens with zero attached hydrogens (tertiary/aromatic N) is 2. The molecule has 3 heteroatoms. The number of anilines is 5. The molecule has 8 aromatic carbocycles. The standard InChI is InChI=1S/C60H49N3.C2H4/c1-6-17-42(18-7-2)44-25-32-49(33-26-44)62(50-34-27-45(28-35-50)43-19-11-9-12-20-43)51-36-29-46(30-37-51)47-31-38-56-52(40-47)53-39-41(8-3)58-57(59(53)63(56)48-21-13-10-14-22-48)60(4,5)54-23-15-16-24-55(54)61-58;1-2/h6-40,61H,1,3H2,2,4-5H3;1-2H2/b18-7-,42-17+;. The van der Waals surface area contributed by atoms with Crippen LogP contribution in [0.4, 0.5) is 28.4 Å². The SMILES string of the molecule is C=C.C=C/C=C(\C=C/C)c1ccc(N(c2ccc(-c3ccccc3)cc2)c2ccc(-c3ccc4c(c3)c3cc(C=C)c5c(c3n4-c3ccccc3)C(C)(C)c3ccccc3N5)cc2)cc1. The fraction of sp³-hybridized carbons (Fsp3) is 0.0645. The molecule has 0 fully saturated rings. The first-order chi connectivity index (χ1) is 31.9. The number of allylic oxidation sites excluding steroid dienone is 5. The van der Waals surface area contributed by atoms with Crippen LogP contribution in [0.15, 0.2) is 233 Å². The van der Waals surface area contributed by atoms with Crippen LogP contribution in [0.2, 0.25) is 0 Å². The van der Waals surface area contributed by atoms with E-state index < -0.39 is 0 Å². The van der Waals surface area contributed by atoms with Crippen LogP contribution in [-0.4, -0.2) is 4.57 Å². The number of hydrogen-bond acceptors (Lipinski definition) is 2. The zero-order valence-corrected chi connectivity index (χ0v) is 37.4. The van der Waals surface area contributed by atoms with Gasteiger partial charge in [0.05, 0.1) is 16.7 Å². The first-order valence-corrected chi connectivity index (χ1v) is 22.2. The lowest BCUT2D eigenvalue weighted by Gasteiger charge is -2.37. The van der Waals surface area contributed by atoms with Crippen molar-refractivity contribution in [1.29, 1.82) is 0 Å². The van der Waals surface area contributed by atoms with Crippen molar-refractivity contribution in [2.24, 2.45) is 0 Å². The lowest BCUT2D eigenvalue weighted by molar-refractivity contribution is 0.642. The van der Waals surface area contributed by atoms with Gasteiger partial charge in [-0.1, -0.05) is 167 Å². The zero-order chi connectivity index (χ0) is 45.1. The van der Waals surface area contributed by atoms with E-state index >= 15 is 0 Å². The van der Waals surface area contributed by atoms with Crippen LogP contribution < -0.4 is 10.2 Å². The largest absolute Gasteiger partial charge is 0.354 e. The second-order valence-corrected chi connectivity index (χ2v) is 16.7. The van der Waals surface area contributed by atoms with E-state index in [2.05, 4.69) is 249 Å². The molecule has 0 atom stereocenters. The molecule has 1 aromatic heterocycles. The maximum atomic E-state index is 4.31. The molecule has 65 heavy (non-hydrogen) atoms. The lowest BCUT2D eigenvalue weighted by Crippen LogP contribution is -2.27. The summed E-state index contributed by atoms with van der Waals surface area (Å²) >= 11 is 0. The van der Waals surface area contributed by atoms with E-state index in [-0.39, 0.29) is 5.41 Å². The third-order valence-corrected chi connectivity index (χ3v) is 12.6. The molecule has 0 saturated heterocycles. The summed E-state index contributed by atoms with van der Waals surface area (Å²) in [5.74, 6) is 0. The molecule has 0 amide bonds. The molecule has 9 aromatic rings. The summed E-state index contributed by atoms with van der Waals surface area (Å²) in [6.45, 7) is 21.0. The van der Waals surface area contributed by atoms with E-state index in [0.29, 0.717) is 0 Å². The molecule has 0 spiro atoms. The molecule has 316 valence electrons. The Balaban J connectivity index is 0.00000263. The highest BCUT2D eigenvalue weighted by Gasteiger charge is 2.37. The highest BCUT2D eigenvalue weighted by atomic mass is 15.1. The van der Waals surface area contributed by atoms with Gasteiger partial charge in [0, 0.05) is 50.2 Å². The van der Waals surface area contributed by atoms with Crippen LogP contribution in [-0.2, 0) is 5.41 Å². The molecular weight excluding hydrogens is 787 g/mol. The van der Waals surface area contributed by atoms with E-state index in [0.717, 1.165) is 62.0 Å². The summed E-state index contributed by atoms with van der Waals surface area (Å²) in [7, 11) is 0. The third-order valence-electron chi connectivity index (χ3n) is 12.6. The Morgan fingerprint density at radius 1 is 0.600 bits per heavy atom. The summed E-state index contributed by atoms with van der Waals surface area (Å²) in [4.78, 5) is 2.33. The monoisotopic (exact) mass is 839 g/mol. The molecule has 0 aliphatic carbocycles. The van der Waals surface area contributed by atoms with Crippen molar-refractivity contribution < 1.29 is 0 Å². The summed E-state index contributed by atoms with van der Waals surface area (Å²) in [6, 6.07) is 65.9. The van der Waals surface area contributed by atoms with E-state index in [4.69, 9.17) is 0 Å². The molecule has 0 radical (unpaired) electrons. The highest BCUT2D eigenvalue weighted by molar-refractivity contribution is 6.15. The van der Waals surface area contributed by atoms with Crippen LogP contribution in [0.5, 0.6) is 0 Å². The van der Waals surface area contributed by atoms with Gasteiger partial charge in [-0.25, -0.2) is 0 Å². The second kappa shape index (κ2) is 17.9. The molecule has 10 rings (SSSR count). The summed E-state index contributed by atoms with van der Waals surface area (Å²) in [5, 5.41) is 6.26. The number of rotatable bonds is 10. The molecule has 2 heterocycles. The number of nitrogens with one attached hydrogen (secondary N) is 1. The Labute approximate surface area is 384 Å². The van der Waals surface area contributed by atoms with Gasteiger partial charge in [0.15, 0.2) is 0 Å². The van der Waals surface area contributed by atoms with Crippen molar-refractivity contribution in [2.75, 3.05) is 10.2 Å². The van der Waals surface area contributed by atoms with E-state index in [1.165, 1.54) is 44.1 Å². The van der Waals surface area contributed by atoms with Crippen LogP contribution >= 0.6 is 0 Å². The van der Waals surface area contributed by atoms with Gasteiger partial charge in [0.25, 0.3) is 0 Å². The van der Waals surface area contributed by atoms with Crippen molar-refractivity contribution in [3.8, 4) is 27.9 Å². The maximum Gasteiger partial charge on any atom is 0.0603 e. The number of para-hydroxylation sites is 2. The second-order valence-electron chi connectivity index (χ2n) is 16.7. The van der Waals surface area contributed by atoms with Crippen LogP contribution in [0, 0.1) is 0 Å². The third kappa shape index (κ3) is 7.62. The smallest absolute Gasteiger partial charge is 0.0603 e. The topological polar surface area (TPSA) is 20.2 Å². The quantitative estimate of drug-likeness (QED) is 0.109. The maximum absolute atomic E-state index is 4.31. The Morgan fingerprint density at radius 3 is 1.77 bits per heavy atom. The molecular formula is C62H53N3. The molecule has 1 aliphatic heterocycles. The minimum Gasteiger partial charge on any atom is -0.354 e. The fourth-order valence-corrected chi connectivity index (χ4v) is 9.57. The zero-order valence-electron chi connectivity index (χ0n) is 37.4. The van der Waals surface area contributed by atoms with E-state index in [1.54, 1.807) is 0 Å². The van der Waals surface area contributed by atoms with E-state index in [9.17, 15) is 0 Å². The Kier molecular flexibility index (Phi) is 11.6. The predicted molar refractivity (Wildman–Crippen MR) is 283 cm³/mol. The first kappa shape index (κ1) is 42.2. The van der Waals surface area contributed by atoms with Crippen molar-refractivity contribution >= 4 is 61.9 Å². The van der Waals surface area contributed by atoms with Crippen molar-refractivity contribution in [3.05, 3.63) is 255 Å². The van der Waals surface area contributed by atoms with Crippen molar-refractivity contribution in [1.82, 2.24) is 4.57 Å². The molecule has 0 bridgehead atoms. The van der Waals surface area contributed by atoms with Gasteiger partial charge in [-0.3, -0.25) is 0 Å². The van der Waals surface area contributed by atoms with Crippen molar-refractivity contribution in [3.63, 3.8) is 0 Å². The van der Waals surface area contributed by atoms with Gasteiger partial charge >= 0.3 is 0 Å². The molecule has 1 N–H and O–H groups in total. The van der Waals surface area contributed by atoms with Crippen molar-refractivity contribution in [2.45, 2.75) is 26.2 Å². The lowest BCUT2D eigenvalue weighted by atomic mass is 9.72. The average molecular weight is 840 g/mol. The molecule has 1 aliphatic rings. The van der Waals surface area contributed by atoms with Gasteiger partial charge in [0.2, 0.25) is 0 Å². The summed E-state index contributed by atoms with van der Waals surface area (Å²) in [5.41, 5.74) is 19.4. The van der Waals surface area contributed by atoms with Gasteiger partial charge in [0.1, 0.15) is 0 Å². The summed E-state index contributed by atoms with van der Waals surface area (Å²) in [6.07, 6.45) is 10.1. The van der Waals surface area contributed by atoms with Gasteiger partial charge < -0.3 is 14.8 Å². The highest BCUT2D eigenvalue weighted by Crippen LogP contribution is 2.52. The van der Waals surface area contributed by atoms with Gasteiger partial charge in [-0.05, 0) is 124 Å². The molecule has 3 nitrogen and oxygen atoms in total. The predicted octanol–water partition coefficient (Wildman–Crippen LogP) is 17.6. The minimum absolute atomic E-state index is 0.279.